The number of azo groups is 1. The molecule has 0 heterocycles. The van der Waals surface area contributed by atoms with E-state index >= 15 is 0 Å². The van der Waals surface area contributed by atoms with Crippen LogP contribution in [0, 0.1) is 13.8 Å². The second-order valence-corrected chi connectivity index (χ2v) is 9.17. The van der Waals surface area contributed by atoms with E-state index in [1.807, 2.05) is 0 Å². The van der Waals surface area contributed by atoms with Gasteiger partial charge in [-0.15, -0.1) is 14.6 Å². The first-order chi connectivity index (χ1) is 15.5. The van der Waals surface area contributed by atoms with Gasteiger partial charge in [0.1, 0.15) is 16.3 Å². The van der Waals surface area contributed by atoms with Crippen LogP contribution in [0.3, 0.4) is 0 Å². The van der Waals surface area contributed by atoms with Gasteiger partial charge in [0.05, 0.1) is 22.6 Å². The fourth-order valence-electron chi connectivity index (χ4n) is 3.17. The van der Waals surface area contributed by atoms with E-state index in [9.17, 15) is 22.9 Å². The number of benzene rings is 3. The molecule has 11 nitrogen and oxygen atoms in total. The van der Waals surface area contributed by atoms with E-state index in [0.717, 1.165) is 5.56 Å². The summed E-state index contributed by atoms with van der Waals surface area (Å²) in [7, 11) is -4.60. The van der Waals surface area contributed by atoms with Crippen LogP contribution in [-0.4, -0.2) is 29.2 Å². The lowest BCUT2D eigenvalue weighted by molar-refractivity contribution is -0.432. The Kier molecular flexibility index (Phi) is 7.31. The van der Waals surface area contributed by atoms with Crippen LogP contribution in [0.2, 0.25) is 0 Å². The van der Waals surface area contributed by atoms with Gasteiger partial charge in [-0.1, -0.05) is 17.2 Å². The molecule has 4 N–H and O–H groups in total. The van der Waals surface area contributed by atoms with Gasteiger partial charge >= 0.3 is 0 Å². The maximum atomic E-state index is 11.7. The van der Waals surface area contributed by atoms with Gasteiger partial charge in [0.15, 0.2) is 5.75 Å². The van der Waals surface area contributed by atoms with Crippen LogP contribution in [0.5, 0.6) is 5.75 Å². The quantitative estimate of drug-likeness (QED) is 0.113. The van der Waals surface area contributed by atoms with Gasteiger partial charge in [0, 0.05) is 12.3 Å². The first kappa shape index (κ1) is 24.6. The minimum absolute atomic E-state index is 0.151. The number of carbonyl (C=O) groups excluding carboxylic acids is 1. The summed E-state index contributed by atoms with van der Waals surface area (Å²) in [5.41, 5.74) is 1.42. The van der Waals surface area contributed by atoms with Crippen LogP contribution in [0.25, 0.3) is 10.8 Å². The summed E-state index contributed by atoms with van der Waals surface area (Å²) in [5, 5.41) is 34.5. The second kappa shape index (κ2) is 9.82. The Bertz CT molecular complexity index is 1370. The highest BCUT2D eigenvalue weighted by atomic mass is 32.2. The van der Waals surface area contributed by atoms with Crippen LogP contribution in [0.4, 0.5) is 17.1 Å². The van der Waals surface area contributed by atoms with Gasteiger partial charge in [0.2, 0.25) is 5.91 Å². The molecule has 0 radical (unpaired) electrons. The summed E-state index contributed by atoms with van der Waals surface area (Å²) < 4.78 is 37.4. The minimum atomic E-state index is -4.60. The number of aryl methyl sites for hydroxylation is 2. The third-order valence-electron chi connectivity index (χ3n) is 4.41. The first-order valence-electron chi connectivity index (χ1n) is 9.24. The average molecular weight is 494 g/mol. The van der Waals surface area contributed by atoms with Crippen molar-refractivity contribution in [2.24, 2.45) is 10.2 Å². The van der Waals surface area contributed by atoms with Crippen LogP contribution in [0.15, 0.2) is 56.4 Å². The van der Waals surface area contributed by atoms with Gasteiger partial charge in [-0.25, -0.2) is 5.26 Å². The van der Waals surface area contributed by atoms with Gasteiger partial charge in [-0.05, 0) is 54.6 Å². The van der Waals surface area contributed by atoms with E-state index in [2.05, 4.69) is 24.9 Å². The molecule has 0 bridgehead atoms. The molecule has 0 aliphatic rings. The predicted octanol–water partition coefficient (Wildman–Crippen LogP) is 5.21. The van der Waals surface area contributed by atoms with Crippen molar-refractivity contribution in [1.29, 1.82) is 0 Å². The van der Waals surface area contributed by atoms with Crippen LogP contribution in [-0.2, 0) is 24.3 Å². The number of carbonyl (C=O) groups is 1. The number of hydrogen-bond donors (Lipinski definition) is 4. The smallest absolute Gasteiger partial charge is 0.296 e. The molecule has 0 fully saturated rings. The number of fused-ring (bicyclic) bond motifs is 1. The summed E-state index contributed by atoms with van der Waals surface area (Å²) >= 11 is 0.509. The number of aromatic hydroxyl groups is 1. The van der Waals surface area contributed by atoms with E-state index in [0.29, 0.717) is 28.7 Å². The molecule has 3 aromatic carbocycles. The molecule has 0 saturated carbocycles. The number of amides is 1. The van der Waals surface area contributed by atoms with Crippen molar-refractivity contribution in [1.82, 2.24) is 0 Å². The second-order valence-electron chi connectivity index (χ2n) is 7.04. The lowest BCUT2D eigenvalue weighted by Crippen LogP contribution is -2.06. The van der Waals surface area contributed by atoms with Crippen molar-refractivity contribution >= 4 is 55.9 Å². The zero-order valence-corrected chi connectivity index (χ0v) is 19.2. The molecule has 174 valence electrons. The molecule has 3 aromatic rings. The molecule has 0 saturated heterocycles. The minimum Gasteiger partial charge on any atom is -0.505 e. The molecule has 0 spiro atoms. The Morgan fingerprint density at radius 2 is 1.82 bits per heavy atom. The van der Waals surface area contributed by atoms with E-state index in [-0.39, 0.29) is 27.6 Å². The zero-order valence-electron chi connectivity index (χ0n) is 17.6. The zero-order chi connectivity index (χ0) is 24.3. The Morgan fingerprint density at radius 3 is 2.45 bits per heavy atom. The number of anilines is 1. The van der Waals surface area contributed by atoms with Gasteiger partial charge in [-0.3, -0.25) is 9.35 Å². The van der Waals surface area contributed by atoms with Gasteiger partial charge in [-0.2, -0.15) is 8.42 Å². The summed E-state index contributed by atoms with van der Waals surface area (Å²) in [4.78, 5) is 11.3. The number of rotatable bonds is 7. The third kappa shape index (κ3) is 5.65. The molecule has 0 aromatic heterocycles. The molecule has 3 rings (SSSR count). The van der Waals surface area contributed by atoms with E-state index < -0.39 is 20.8 Å². The largest absolute Gasteiger partial charge is 0.505 e. The highest BCUT2D eigenvalue weighted by molar-refractivity contribution is 7.94. The fourth-order valence-corrected chi connectivity index (χ4v) is 4.26. The third-order valence-corrected chi connectivity index (χ3v) is 5.93. The SMILES string of the molecule is CC(=O)Nc1cc(C)cc2cc(SOOO)c(N=Nc3cc(C)ccc3S(=O)(=O)O)c(O)c12. The Hall–Kier alpha value is -3.07. The number of nitrogens with one attached hydrogen (secondary N) is 1. The van der Waals surface area contributed by atoms with Crippen molar-refractivity contribution < 1.29 is 37.5 Å². The fraction of sp³-hybridized carbons (Fsp3) is 0.150. The molecule has 0 unspecified atom stereocenters. The van der Waals surface area contributed by atoms with Crippen molar-refractivity contribution in [3.63, 3.8) is 0 Å². The van der Waals surface area contributed by atoms with Gasteiger partial charge in [0.25, 0.3) is 10.1 Å². The van der Waals surface area contributed by atoms with Crippen molar-refractivity contribution in [3.05, 3.63) is 47.5 Å². The normalized spacial score (nSPS) is 11.9. The topological polar surface area (TPSA) is 167 Å². The molecule has 1 amide bonds. The predicted molar refractivity (Wildman–Crippen MR) is 120 cm³/mol. The van der Waals surface area contributed by atoms with Crippen LogP contribution in [0.1, 0.15) is 18.1 Å². The molecular formula is C20H19N3O8S2. The molecule has 0 aliphatic carbocycles. The first-order valence-corrected chi connectivity index (χ1v) is 11.4. The number of phenolic OH excluding ortho intramolecular Hbond substituents is 1. The maximum Gasteiger partial charge on any atom is 0.296 e. The van der Waals surface area contributed by atoms with Crippen LogP contribution < -0.4 is 5.32 Å². The summed E-state index contributed by atoms with van der Waals surface area (Å²) in [6.45, 7) is 4.80. The van der Waals surface area contributed by atoms with Crippen molar-refractivity contribution in [2.75, 3.05) is 5.32 Å². The molecule has 0 atom stereocenters. The standard InChI is InChI=1S/C20H19N3O8S2/c1-10-4-5-17(33(27,28)29)14(7-10)22-23-19-16(32-31-30-26)9-13-6-11(2)8-15(21-12(3)24)18(13)20(19)25/h4-9,25-26H,1-3H3,(H,21,24)(H,27,28,29). The maximum absolute atomic E-state index is 11.7. The van der Waals surface area contributed by atoms with E-state index in [4.69, 9.17) is 5.26 Å². The highest BCUT2D eigenvalue weighted by Crippen LogP contribution is 2.47. The summed E-state index contributed by atoms with van der Waals surface area (Å²) in [6, 6.07) is 8.98. The van der Waals surface area contributed by atoms with Crippen molar-refractivity contribution in [3.8, 4) is 5.75 Å². The molecular weight excluding hydrogens is 474 g/mol. The van der Waals surface area contributed by atoms with E-state index in [1.165, 1.54) is 25.1 Å². The number of phenols is 1. The summed E-state index contributed by atoms with van der Waals surface area (Å²) in [6.07, 6.45) is 0. The lowest BCUT2D eigenvalue weighted by Gasteiger charge is -2.14. The monoisotopic (exact) mass is 493 g/mol. The lowest BCUT2D eigenvalue weighted by atomic mass is 10.0. The molecule has 13 heteroatoms. The molecule has 33 heavy (non-hydrogen) atoms. The van der Waals surface area contributed by atoms with Crippen molar-refractivity contribution in [2.45, 2.75) is 30.6 Å². The number of nitrogens with zero attached hydrogens (tertiary/aromatic N) is 2. The molecule has 0 aliphatic heterocycles. The average Bonchev–Trinajstić information content (AvgIpc) is 2.69. The Morgan fingerprint density at radius 1 is 1.09 bits per heavy atom. The van der Waals surface area contributed by atoms with Gasteiger partial charge < -0.3 is 10.4 Å². The summed E-state index contributed by atoms with van der Waals surface area (Å²) in [5.74, 6) is -0.761. The Labute approximate surface area is 192 Å². The highest BCUT2D eigenvalue weighted by Gasteiger charge is 2.20. The Balaban J connectivity index is 2.27. The van der Waals surface area contributed by atoms with E-state index in [1.54, 1.807) is 32.0 Å². The van der Waals surface area contributed by atoms with Crippen LogP contribution >= 0.6 is 12.0 Å². The number of hydrogen-bond acceptors (Lipinski definition) is 10.